The Morgan fingerprint density at radius 1 is 1.60 bits per heavy atom. The number of ether oxygens (including phenoxy) is 1. The van der Waals surface area contributed by atoms with E-state index in [1.54, 1.807) is 6.20 Å². The number of aromatic nitrogens is 1. The van der Waals surface area contributed by atoms with Crippen molar-refractivity contribution >= 4 is 11.6 Å². The molecule has 0 spiro atoms. The molecule has 0 saturated carbocycles. The highest BCUT2D eigenvalue weighted by Gasteiger charge is 2.18. The molecular weight excluding hydrogens is 254 g/mol. The molecule has 1 atom stereocenters. The molecule has 1 unspecified atom stereocenters. The first-order valence-corrected chi connectivity index (χ1v) is 6.85. The molecule has 6 nitrogen and oxygen atoms in total. The lowest BCUT2D eigenvalue weighted by atomic mass is 10.3. The summed E-state index contributed by atoms with van der Waals surface area (Å²) in [6, 6.07) is 3.96. The third kappa shape index (κ3) is 3.60. The topological polar surface area (TPSA) is 67.0 Å². The summed E-state index contributed by atoms with van der Waals surface area (Å²) in [7, 11) is 3.99. The summed E-state index contributed by atoms with van der Waals surface area (Å²) < 4.78 is 5.50. The van der Waals surface area contributed by atoms with Crippen molar-refractivity contribution in [3.8, 4) is 0 Å². The Balaban J connectivity index is 2.05. The number of aliphatic imine (C=N–C) groups is 1. The Morgan fingerprint density at radius 3 is 3.10 bits per heavy atom. The van der Waals surface area contributed by atoms with Crippen LogP contribution in [0.1, 0.15) is 12.6 Å². The average molecular weight is 277 g/mol. The van der Waals surface area contributed by atoms with Crippen LogP contribution >= 0.6 is 0 Å². The smallest absolute Gasteiger partial charge is 0.191 e. The van der Waals surface area contributed by atoms with Gasteiger partial charge in [0, 0.05) is 33.4 Å². The highest BCUT2D eigenvalue weighted by atomic mass is 16.5. The second-order valence-electron chi connectivity index (χ2n) is 5.17. The first-order chi connectivity index (χ1) is 9.58. The summed E-state index contributed by atoms with van der Waals surface area (Å²) in [6.45, 7) is 4.82. The number of rotatable bonds is 3. The van der Waals surface area contributed by atoms with Crippen molar-refractivity contribution in [2.24, 2.45) is 10.7 Å². The minimum atomic E-state index is 0.199. The van der Waals surface area contributed by atoms with E-state index < -0.39 is 0 Å². The van der Waals surface area contributed by atoms with E-state index in [0.717, 1.165) is 24.5 Å². The first-order valence-electron chi connectivity index (χ1n) is 6.85. The van der Waals surface area contributed by atoms with Crippen LogP contribution in [0.3, 0.4) is 0 Å². The number of anilines is 1. The molecule has 0 bridgehead atoms. The maximum Gasteiger partial charge on any atom is 0.191 e. The summed E-state index contributed by atoms with van der Waals surface area (Å²) in [5.74, 6) is 0.565. The molecule has 1 aliphatic heterocycles. The lowest BCUT2D eigenvalue weighted by Gasteiger charge is -2.31. The van der Waals surface area contributed by atoms with Crippen molar-refractivity contribution in [1.29, 1.82) is 0 Å². The van der Waals surface area contributed by atoms with Gasteiger partial charge in [-0.25, -0.2) is 4.99 Å². The summed E-state index contributed by atoms with van der Waals surface area (Å²) in [5, 5.41) is 0. The van der Waals surface area contributed by atoms with Gasteiger partial charge in [-0.2, -0.15) is 0 Å². The lowest BCUT2D eigenvalue weighted by Crippen LogP contribution is -2.47. The average Bonchev–Trinajstić information content (AvgIpc) is 2.45. The molecule has 2 heterocycles. The van der Waals surface area contributed by atoms with Gasteiger partial charge in [0.2, 0.25) is 0 Å². The van der Waals surface area contributed by atoms with Gasteiger partial charge in [-0.1, -0.05) is 0 Å². The molecular formula is C14H23N5O. The Morgan fingerprint density at radius 2 is 2.40 bits per heavy atom. The number of pyridine rings is 1. The van der Waals surface area contributed by atoms with Crippen molar-refractivity contribution in [2.45, 2.75) is 19.6 Å². The summed E-state index contributed by atoms with van der Waals surface area (Å²) >= 11 is 0. The van der Waals surface area contributed by atoms with E-state index in [1.165, 1.54) is 0 Å². The fourth-order valence-corrected chi connectivity index (χ4v) is 2.24. The highest BCUT2D eigenvalue weighted by molar-refractivity contribution is 5.78. The van der Waals surface area contributed by atoms with E-state index in [1.807, 2.05) is 38.1 Å². The molecule has 1 aromatic rings. The fraction of sp³-hybridized carbons (Fsp3) is 0.571. The fourth-order valence-electron chi connectivity index (χ4n) is 2.24. The number of nitrogens with zero attached hydrogens (tertiary/aromatic N) is 4. The van der Waals surface area contributed by atoms with Crippen molar-refractivity contribution in [3.63, 3.8) is 0 Å². The van der Waals surface area contributed by atoms with Gasteiger partial charge in [-0.15, -0.1) is 0 Å². The Kier molecular flexibility index (Phi) is 4.79. The Labute approximate surface area is 120 Å². The van der Waals surface area contributed by atoms with Crippen molar-refractivity contribution in [3.05, 3.63) is 24.0 Å². The van der Waals surface area contributed by atoms with Crippen LogP contribution in [0.2, 0.25) is 0 Å². The lowest BCUT2D eigenvalue weighted by molar-refractivity contribution is 0.00528. The van der Waals surface area contributed by atoms with Gasteiger partial charge in [0.1, 0.15) is 0 Å². The van der Waals surface area contributed by atoms with Gasteiger partial charge in [0.05, 0.1) is 30.6 Å². The van der Waals surface area contributed by atoms with Crippen molar-refractivity contribution in [2.75, 3.05) is 38.7 Å². The van der Waals surface area contributed by atoms with E-state index >= 15 is 0 Å². The predicted molar refractivity (Wildman–Crippen MR) is 80.9 cm³/mol. The van der Waals surface area contributed by atoms with Crippen LogP contribution in [0.4, 0.5) is 5.69 Å². The highest BCUT2D eigenvalue weighted by Crippen LogP contribution is 2.16. The van der Waals surface area contributed by atoms with Crippen LogP contribution in [0.5, 0.6) is 0 Å². The van der Waals surface area contributed by atoms with E-state index in [0.29, 0.717) is 19.1 Å². The van der Waals surface area contributed by atoms with Crippen LogP contribution in [-0.2, 0) is 11.3 Å². The summed E-state index contributed by atoms with van der Waals surface area (Å²) in [4.78, 5) is 13.0. The molecule has 0 aromatic carbocycles. The number of hydrogen-bond donors (Lipinski definition) is 1. The standard InChI is InChI=1S/C14H23N5O/c1-11-10-19(7-8-20-11)14(15)17-9-12-13(18(2)3)5-4-6-16-12/h4-6,11H,7-10H2,1-3H3,(H2,15,17). The van der Waals surface area contributed by atoms with Gasteiger partial charge >= 0.3 is 0 Å². The van der Waals surface area contributed by atoms with E-state index in [-0.39, 0.29) is 6.10 Å². The molecule has 1 aliphatic rings. The second-order valence-corrected chi connectivity index (χ2v) is 5.17. The Bertz CT molecular complexity index is 474. The minimum absolute atomic E-state index is 0.199. The summed E-state index contributed by atoms with van der Waals surface area (Å²) in [6.07, 6.45) is 1.98. The first kappa shape index (κ1) is 14.6. The maximum atomic E-state index is 6.06. The van der Waals surface area contributed by atoms with E-state index in [9.17, 15) is 0 Å². The summed E-state index contributed by atoms with van der Waals surface area (Å²) in [5.41, 5.74) is 8.06. The van der Waals surface area contributed by atoms with Crippen molar-refractivity contribution < 1.29 is 4.74 Å². The number of nitrogens with two attached hydrogens (primary N) is 1. The number of hydrogen-bond acceptors (Lipinski definition) is 4. The van der Waals surface area contributed by atoms with Gasteiger partial charge in [0.15, 0.2) is 5.96 Å². The molecule has 0 radical (unpaired) electrons. The molecule has 6 heteroatoms. The molecule has 2 rings (SSSR count). The maximum absolute atomic E-state index is 6.06. The Hall–Kier alpha value is -1.82. The SMILES string of the molecule is CC1CN(C(N)=NCc2ncccc2N(C)C)CCO1. The molecule has 0 amide bonds. The molecule has 1 fully saturated rings. The molecule has 110 valence electrons. The van der Waals surface area contributed by atoms with E-state index in [2.05, 4.69) is 14.9 Å². The predicted octanol–water partition coefficient (Wildman–Crippen LogP) is 0.683. The number of guanidine groups is 1. The monoisotopic (exact) mass is 277 g/mol. The molecule has 1 saturated heterocycles. The quantitative estimate of drug-likeness (QED) is 0.650. The zero-order valence-electron chi connectivity index (χ0n) is 12.4. The number of morpholine rings is 1. The largest absolute Gasteiger partial charge is 0.376 e. The van der Waals surface area contributed by atoms with Crippen LogP contribution in [-0.4, -0.2) is 55.7 Å². The molecule has 1 aromatic heterocycles. The third-order valence-electron chi connectivity index (χ3n) is 3.30. The van der Waals surface area contributed by atoms with E-state index in [4.69, 9.17) is 10.5 Å². The zero-order valence-corrected chi connectivity index (χ0v) is 12.4. The van der Waals surface area contributed by atoms with Gasteiger partial charge in [-0.3, -0.25) is 4.98 Å². The van der Waals surface area contributed by atoms with Gasteiger partial charge < -0.3 is 20.3 Å². The van der Waals surface area contributed by atoms with Crippen LogP contribution < -0.4 is 10.6 Å². The van der Waals surface area contributed by atoms with Gasteiger partial charge in [0.25, 0.3) is 0 Å². The molecule has 2 N–H and O–H groups in total. The normalized spacial score (nSPS) is 20.1. The molecule has 20 heavy (non-hydrogen) atoms. The van der Waals surface area contributed by atoms with Crippen molar-refractivity contribution in [1.82, 2.24) is 9.88 Å². The van der Waals surface area contributed by atoms with Crippen LogP contribution in [0.25, 0.3) is 0 Å². The van der Waals surface area contributed by atoms with Crippen LogP contribution in [0, 0.1) is 0 Å². The van der Waals surface area contributed by atoms with Gasteiger partial charge in [-0.05, 0) is 19.1 Å². The zero-order chi connectivity index (χ0) is 14.5. The third-order valence-corrected chi connectivity index (χ3v) is 3.30. The minimum Gasteiger partial charge on any atom is -0.376 e. The molecule has 0 aliphatic carbocycles. The second kappa shape index (κ2) is 6.56. The van der Waals surface area contributed by atoms with Crippen LogP contribution in [0.15, 0.2) is 23.3 Å².